The number of carbonyl (C=O) groups excluding carboxylic acids is 4. The van der Waals surface area contributed by atoms with Crippen LogP contribution in [0.1, 0.15) is 33.5 Å². The van der Waals surface area contributed by atoms with Crippen LogP contribution in [-0.4, -0.2) is 75.2 Å². The van der Waals surface area contributed by atoms with Gasteiger partial charge in [0.25, 0.3) is 11.8 Å². The first-order valence-corrected chi connectivity index (χ1v) is 11.8. The van der Waals surface area contributed by atoms with Gasteiger partial charge in [-0.05, 0) is 35.7 Å². The molecule has 1 fully saturated rings. The van der Waals surface area contributed by atoms with Crippen molar-refractivity contribution in [3.8, 4) is 0 Å². The maximum atomic E-state index is 14.8. The normalized spacial score (nSPS) is 22.1. The van der Waals surface area contributed by atoms with Gasteiger partial charge in [0.15, 0.2) is 0 Å². The molecule has 2 aromatic rings. The van der Waals surface area contributed by atoms with E-state index in [1.165, 1.54) is 33.0 Å². The Morgan fingerprint density at radius 2 is 1.81 bits per heavy atom. The highest BCUT2D eigenvalue weighted by molar-refractivity contribution is 6.42. The molecule has 0 radical (unpaired) electrons. The number of hydrogen-bond donors (Lipinski definition) is 0. The van der Waals surface area contributed by atoms with E-state index < -0.39 is 34.6 Å². The summed E-state index contributed by atoms with van der Waals surface area (Å²) in [5, 5.41) is 0.286. The van der Waals surface area contributed by atoms with Crippen LogP contribution in [0.25, 0.3) is 0 Å². The Morgan fingerprint density at radius 3 is 2.44 bits per heavy atom. The second-order valence-electron chi connectivity index (χ2n) is 9.71. The number of alkyl halides is 2. The molecule has 36 heavy (non-hydrogen) atoms. The van der Waals surface area contributed by atoms with Gasteiger partial charge >= 0.3 is 5.92 Å². The van der Waals surface area contributed by atoms with Gasteiger partial charge in [0, 0.05) is 35.1 Å². The predicted octanol–water partition coefficient (Wildman–Crippen LogP) is -0.978. The van der Waals surface area contributed by atoms with Gasteiger partial charge in [-0.2, -0.15) is 8.78 Å². The lowest BCUT2D eigenvalue weighted by Gasteiger charge is -2.45. The molecule has 1 unspecified atom stereocenters. The van der Waals surface area contributed by atoms with Crippen LogP contribution in [0.2, 0.25) is 10.8 Å². The lowest BCUT2D eigenvalue weighted by atomic mass is 9.61. The van der Waals surface area contributed by atoms with E-state index >= 15 is 0 Å². The fourth-order valence-electron chi connectivity index (χ4n) is 5.03. The fraction of sp³-hybridized carbons (Fsp3) is 0.273. The van der Waals surface area contributed by atoms with Crippen LogP contribution in [-0.2, 0) is 33.4 Å². The standard InChI is InChI=1S/C22H22B4ClF2N3O4/c23-16-8-21(24,19(35)32(26)18(16)34)30-10-12-7-11(1-6-15(12)17(30)33)9-31(25)20(36)22(28,29)13-2-4-14(27)5-3-13/h1-7,16H,8-10,23-26H2/t16?,21-/m1/s1. The number of imide groups is 1. The van der Waals surface area contributed by atoms with Crippen molar-refractivity contribution in [3.05, 3.63) is 69.7 Å². The van der Waals surface area contributed by atoms with Crippen LogP contribution >= 0.6 is 11.6 Å². The molecule has 0 N–H and O–H groups in total. The van der Waals surface area contributed by atoms with Crippen molar-refractivity contribution >= 4 is 66.9 Å². The Kier molecular flexibility index (Phi) is 6.58. The maximum absolute atomic E-state index is 14.8. The topological polar surface area (TPSA) is 78.0 Å². The zero-order valence-corrected chi connectivity index (χ0v) is 21.1. The van der Waals surface area contributed by atoms with Gasteiger partial charge in [-0.3, -0.25) is 19.2 Å². The van der Waals surface area contributed by atoms with Crippen molar-refractivity contribution in [2.45, 2.75) is 36.7 Å². The molecular weight excluding hydrogens is 487 g/mol. The highest BCUT2D eigenvalue weighted by Crippen LogP contribution is 2.37. The summed E-state index contributed by atoms with van der Waals surface area (Å²) in [5.41, 5.74) is -0.0513. The smallest absolute Gasteiger partial charge is 0.348 e. The van der Waals surface area contributed by atoms with Gasteiger partial charge in [-0.25, -0.2) is 0 Å². The van der Waals surface area contributed by atoms with Crippen molar-refractivity contribution in [2.75, 3.05) is 0 Å². The average molecular weight is 509 g/mol. The Labute approximate surface area is 215 Å². The summed E-state index contributed by atoms with van der Waals surface area (Å²) < 4.78 is 29.6. The van der Waals surface area contributed by atoms with Crippen LogP contribution < -0.4 is 0 Å². The third-order valence-corrected chi connectivity index (χ3v) is 7.28. The zero-order chi connectivity index (χ0) is 26.6. The molecule has 1 saturated heterocycles. The number of halogens is 3. The number of hydrogen-bond acceptors (Lipinski definition) is 4. The summed E-state index contributed by atoms with van der Waals surface area (Å²) in [7, 11) is 6.08. The second kappa shape index (κ2) is 9.10. The van der Waals surface area contributed by atoms with Gasteiger partial charge in [-0.1, -0.05) is 35.9 Å². The van der Waals surface area contributed by atoms with E-state index in [0.29, 0.717) is 16.7 Å². The van der Waals surface area contributed by atoms with Crippen molar-refractivity contribution in [1.29, 1.82) is 0 Å². The Morgan fingerprint density at radius 1 is 1.17 bits per heavy atom. The molecule has 4 amide bonds. The first-order chi connectivity index (χ1) is 16.8. The summed E-state index contributed by atoms with van der Waals surface area (Å²) >= 11 is 5.76. The molecule has 7 nitrogen and oxygen atoms in total. The molecule has 2 aliphatic heterocycles. The SMILES string of the molecule is BC1C[C@@](B)(N2Cc3cc(CN(B)C(=O)C(F)(F)c4ccc(Cl)cc4)ccc3C2=O)C(=O)N(B)C1=O. The minimum Gasteiger partial charge on any atom is -0.384 e. The van der Waals surface area contributed by atoms with Crippen molar-refractivity contribution in [1.82, 2.24) is 14.5 Å². The first kappa shape index (κ1) is 26.0. The average Bonchev–Trinajstić information content (AvgIpc) is 3.17. The zero-order valence-electron chi connectivity index (χ0n) is 20.3. The van der Waals surface area contributed by atoms with E-state index in [1.807, 2.05) is 0 Å². The summed E-state index contributed by atoms with van der Waals surface area (Å²) in [4.78, 5) is 54.4. The minimum absolute atomic E-state index is 0.103. The van der Waals surface area contributed by atoms with Gasteiger partial charge in [0.1, 0.15) is 15.7 Å². The van der Waals surface area contributed by atoms with Crippen LogP contribution in [0.3, 0.4) is 0 Å². The molecule has 2 aromatic carbocycles. The first-order valence-electron chi connectivity index (χ1n) is 11.4. The molecule has 2 atom stereocenters. The largest absolute Gasteiger partial charge is 0.384 e. The number of fused-ring (bicyclic) bond motifs is 1. The monoisotopic (exact) mass is 509 g/mol. The summed E-state index contributed by atoms with van der Waals surface area (Å²) in [6.45, 7) is 0.0333. The molecule has 0 saturated carbocycles. The molecular formula is C22H22B4ClF2N3O4. The highest BCUT2D eigenvalue weighted by Gasteiger charge is 2.52. The van der Waals surface area contributed by atoms with Gasteiger partial charge < -0.3 is 14.5 Å². The Balaban J connectivity index is 1.53. The van der Waals surface area contributed by atoms with Gasteiger partial charge in [-0.15, -0.1) is 0 Å². The Hall–Kier alpha value is -3.07. The minimum atomic E-state index is -3.74. The number of piperidine rings is 1. The van der Waals surface area contributed by atoms with E-state index in [4.69, 9.17) is 11.6 Å². The third kappa shape index (κ3) is 4.23. The van der Waals surface area contributed by atoms with Crippen LogP contribution in [0.5, 0.6) is 0 Å². The quantitative estimate of drug-likeness (QED) is 0.384. The lowest BCUT2D eigenvalue weighted by molar-refractivity contribution is -0.154. The fourth-order valence-corrected chi connectivity index (χ4v) is 5.15. The molecule has 2 aliphatic rings. The van der Waals surface area contributed by atoms with Crippen molar-refractivity contribution in [2.24, 2.45) is 0 Å². The third-order valence-electron chi connectivity index (χ3n) is 7.03. The van der Waals surface area contributed by atoms with Crippen molar-refractivity contribution < 1.29 is 28.0 Å². The number of rotatable bonds is 5. The molecule has 0 spiro atoms. The molecule has 2 heterocycles. The predicted molar refractivity (Wildman–Crippen MR) is 139 cm³/mol. The summed E-state index contributed by atoms with van der Waals surface area (Å²) in [6.07, 6.45) is 0.207. The molecule has 14 heteroatoms. The summed E-state index contributed by atoms with van der Waals surface area (Å²) in [6, 6.07) is 9.70. The molecule has 4 rings (SSSR count). The number of benzene rings is 2. The van der Waals surface area contributed by atoms with E-state index in [1.54, 1.807) is 33.9 Å². The molecule has 0 aromatic heterocycles. The number of nitrogens with zero attached hydrogens (tertiary/aromatic N) is 3. The Bertz CT molecular complexity index is 1280. The number of amides is 4. The molecule has 0 aliphatic carbocycles. The second-order valence-corrected chi connectivity index (χ2v) is 10.1. The lowest BCUT2D eigenvalue weighted by Crippen LogP contribution is -2.65. The van der Waals surface area contributed by atoms with E-state index in [0.717, 1.165) is 21.8 Å². The van der Waals surface area contributed by atoms with Crippen molar-refractivity contribution in [3.63, 3.8) is 0 Å². The van der Waals surface area contributed by atoms with Crippen LogP contribution in [0, 0.1) is 0 Å². The summed E-state index contributed by atoms with van der Waals surface area (Å²) in [5.74, 6) is -6.59. The highest BCUT2D eigenvalue weighted by atomic mass is 35.5. The van der Waals surface area contributed by atoms with Gasteiger partial charge in [0.05, 0.1) is 5.44 Å². The van der Waals surface area contributed by atoms with Gasteiger partial charge in [0.2, 0.25) is 27.8 Å². The van der Waals surface area contributed by atoms with E-state index in [2.05, 4.69) is 0 Å². The maximum Gasteiger partial charge on any atom is 0.348 e. The van der Waals surface area contributed by atoms with E-state index in [9.17, 15) is 28.0 Å². The van der Waals surface area contributed by atoms with E-state index in [-0.39, 0.29) is 36.3 Å². The van der Waals surface area contributed by atoms with Crippen LogP contribution in [0.4, 0.5) is 8.78 Å². The number of carbonyl (C=O) groups is 4. The molecule has 0 bridgehead atoms. The molecule has 182 valence electrons. The van der Waals surface area contributed by atoms with Crippen LogP contribution in [0.15, 0.2) is 42.5 Å².